The molecule has 10 heteroatoms. The van der Waals surface area contributed by atoms with Crippen molar-refractivity contribution >= 4 is 17.4 Å². The molecule has 0 bridgehead atoms. The number of nitro benzene ring substituents is 1. The zero-order valence-corrected chi connectivity index (χ0v) is 12.9. The number of Topliss-reactive ketones (excluding diaryl/α,β-unsaturated/α-hetero) is 1. The number of nitrogens with zero attached hydrogens (tertiary/aromatic N) is 1. The molecule has 0 amide bonds. The second kappa shape index (κ2) is 7.57. The Balaban J connectivity index is 3.73. The lowest BCUT2D eigenvalue weighted by molar-refractivity contribution is -0.388. The Morgan fingerprint density at radius 3 is 2.29 bits per heavy atom. The minimum atomic E-state index is -1.99. The molecule has 1 aromatic rings. The third-order valence-corrected chi connectivity index (χ3v) is 3.03. The van der Waals surface area contributed by atoms with E-state index in [0.29, 0.717) is 0 Å². The van der Waals surface area contributed by atoms with Crippen LogP contribution < -0.4 is 5.32 Å². The molecule has 0 heterocycles. The van der Waals surface area contributed by atoms with Gasteiger partial charge in [-0.2, -0.15) is 4.39 Å². The molecule has 0 saturated heterocycles. The number of hydrogen-bond donors (Lipinski definition) is 1. The zero-order chi connectivity index (χ0) is 18.6. The molecule has 0 aliphatic carbocycles. The van der Waals surface area contributed by atoms with E-state index in [-0.39, 0.29) is 6.54 Å². The van der Waals surface area contributed by atoms with E-state index in [1.165, 1.54) is 0 Å². The Kier molecular flexibility index (Phi) is 6.04. The number of ketones is 1. The average Bonchev–Trinajstić information content (AvgIpc) is 2.55. The number of carbonyl (C=O) groups excluding carboxylic acids is 2. The Labute approximate surface area is 134 Å². The summed E-state index contributed by atoms with van der Waals surface area (Å²) in [4.78, 5) is 33.6. The summed E-state index contributed by atoms with van der Waals surface area (Å²) in [5.41, 5.74) is -4.77. The Bertz CT molecular complexity index is 747. The van der Waals surface area contributed by atoms with Gasteiger partial charge in [0.1, 0.15) is 17.0 Å². The van der Waals surface area contributed by atoms with Gasteiger partial charge >= 0.3 is 11.7 Å². The molecule has 0 spiro atoms. The fourth-order valence-electron chi connectivity index (χ4n) is 1.81. The molecular formula is C14H13F3N2O5. The third-order valence-electron chi connectivity index (χ3n) is 3.03. The summed E-state index contributed by atoms with van der Waals surface area (Å²) in [6.07, 6.45) is 0.855. The fourth-order valence-corrected chi connectivity index (χ4v) is 1.81. The van der Waals surface area contributed by atoms with Gasteiger partial charge in [0.25, 0.3) is 0 Å². The summed E-state index contributed by atoms with van der Waals surface area (Å²) in [5, 5.41) is 13.4. The van der Waals surface area contributed by atoms with Crippen LogP contribution in [0.3, 0.4) is 0 Å². The first-order valence-corrected chi connectivity index (χ1v) is 6.56. The molecule has 0 aromatic heterocycles. The van der Waals surface area contributed by atoms with Crippen molar-refractivity contribution in [1.29, 1.82) is 0 Å². The molecule has 0 saturated carbocycles. The lowest BCUT2D eigenvalue weighted by atomic mass is 9.98. The molecule has 0 aliphatic rings. The molecule has 7 nitrogen and oxygen atoms in total. The van der Waals surface area contributed by atoms with Crippen LogP contribution in [-0.2, 0) is 9.53 Å². The monoisotopic (exact) mass is 346 g/mol. The second-order valence-electron chi connectivity index (χ2n) is 4.48. The van der Waals surface area contributed by atoms with Crippen molar-refractivity contribution in [3.63, 3.8) is 0 Å². The number of carbonyl (C=O) groups is 2. The number of rotatable bonds is 6. The van der Waals surface area contributed by atoms with E-state index >= 15 is 0 Å². The van der Waals surface area contributed by atoms with Crippen molar-refractivity contribution in [2.45, 2.75) is 13.8 Å². The van der Waals surface area contributed by atoms with Crippen LogP contribution >= 0.6 is 0 Å². The summed E-state index contributed by atoms with van der Waals surface area (Å²) in [5.74, 6) is -8.14. The summed E-state index contributed by atoms with van der Waals surface area (Å²) in [7, 11) is 0.927. The predicted octanol–water partition coefficient (Wildman–Crippen LogP) is 2.17. The first-order valence-electron chi connectivity index (χ1n) is 6.56. The van der Waals surface area contributed by atoms with Gasteiger partial charge in [0.05, 0.1) is 12.0 Å². The van der Waals surface area contributed by atoms with Crippen LogP contribution in [-0.4, -0.2) is 30.3 Å². The third kappa shape index (κ3) is 3.36. The molecule has 0 radical (unpaired) electrons. The number of nitro groups is 1. The largest absolute Gasteiger partial charge is 0.465 e. The lowest BCUT2D eigenvalue weighted by Crippen LogP contribution is -2.22. The SMILES string of the molecule is CCN/C=C(/C(=O)OC)C(=O)c1c(F)c(C)c(F)c(F)c1[N+](=O)[O-]. The number of esters is 1. The maximum atomic E-state index is 14.2. The van der Waals surface area contributed by atoms with Crippen molar-refractivity contribution in [3.05, 3.63) is 50.5 Å². The smallest absolute Gasteiger partial charge is 0.343 e. The Morgan fingerprint density at radius 2 is 1.83 bits per heavy atom. The molecule has 1 aromatic carbocycles. The molecule has 0 atom stereocenters. The molecule has 1 rings (SSSR count). The highest BCUT2D eigenvalue weighted by Crippen LogP contribution is 2.32. The first kappa shape index (κ1) is 19.1. The summed E-state index contributed by atoms with van der Waals surface area (Å²) >= 11 is 0. The van der Waals surface area contributed by atoms with Crippen LogP contribution in [0.2, 0.25) is 0 Å². The molecule has 130 valence electrons. The molecule has 0 aliphatic heterocycles. The van der Waals surface area contributed by atoms with Crippen molar-refractivity contribution < 1.29 is 32.4 Å². The van der Waals surface area contributed by atoms with Gasteiger partial charge in [-0.25, -0.2) is 13.6 Å². The second-order valence-corrected chi connectivity index (χ2v) is 4.48. The van der Waals surface area contributed by atoms with Gasteiger partial charge in [-0.05, 0) is 13.8 Å². The first-order chi connectivity index (χ1) is 11.2. The van der Waals surface area contributed by atoms with Crippen LogP contribution in [0.15, 0.2) is 11.8 Å². The van der Waals surface area contributed by atoms with Gasteiger partial charge in [-0.3, -0.25) is 14.9 Å². The van der Waals surface area contributed by atoms with Gasteiger partial charge in [0.15, 0.2) is 5.82 Å². The van der Waals surface area contributed by atoms with Gasteiger partial charge in [-0.1, -0.05) is 0 Å². The average molecular weight is 346 g/mol. The summed E-state index contributed by atoms with van der Waals surface area (Å²) in [6, 6.07) is 0. The number of nitrogens with one attached hydrogen (secondary N) is 1. The fraction of sp³-hybridized carbons (Fsp3) is 0.286. The summed E-state index contributed by atoms with van der Waals surface area (Å²) in [6.45, 7) is 2.68. The maximum absolute atomic E-state index is 14.2. The zero-order valence-electron chi connectivity index (χ0n) is 12.9. The van der Waals surface area contributed by atoms with E-state index in [0.717, 1.165) is 20.2 Å². The van der Waals surface area contributed by atoms with Crippen LogP contribution in [0, 0.1) is 34.5 Å². The Morgan fingerprint density at radius 1 is 1.25 bits per heavy atom. The van der Waals surface area contributed by atoms with E-state index < -0.39 is 56.5 Å². The molecule has 0 fully saturated rings. The molecule has 0 unspecified atom stereocenters. The molecular weight excluding hydrogens is 333 g/mol. The number of benzene rings is 1. The van der Waals surface area contributed by atoms with Crippen LogP contribution in [0.5, 0.6) is 0 Å². The maximum Gasteiger partial charge on any atom is 0.343 e. The van der Waals surface area contributed by atoms with Crippen molar-refractivity contribution in [3.8, 4) is 0 Å². The summed E-state index contributed by atoms with van der Waals surface area (Å²) < 4.78 is 45.9. The van der Waals surface area contributed by atoms with Gasteiger partial charge in [-0.15, -0.1) is 0 Å². The topological polar surface area (TPSA) is 98.5 Å². The minimum Gasteiger partial charge on any atom is -0.465 e. The lowest BCUT2D eigenvalue weighted by Gasteiger charge is -2.10. The number of hydrogen-bond acceptors (Lipinski definition) is 6. The highest BCUT2D eigenvalue weighted by atomic mass is 19.2. The van der Waals surface area contributed by atoms with E-state index in [1.807, 2.05) is 0 Å². The van der Waals surface area contributed by atoms with E-state index in [2.05, 4.69) is 10.1 Å². The number of ether oxygens (including phenoxy) is 1. The van der Waals surface area contributed by atoms with Crippen molar-refractivity contribution in [1.82, 2.24) is 5.32 Å². The van der Waals surface area contributed by atoms with E-state index in [9.17, 15) is 32.9 Å². The van der Waals surface area contributed by atoms with Crippen molar-refractivity contribution in [2.75, 3.05) is 13.7 Å². The highest BCUT2D eigenvalue weighted by molar-refractivity contribution is 6.25. The predicted molar refractivity (Wildman–Crippen MR) is 75.8 cm³/mol. The van der Waals surface area contributed by atoms with Crippen LogP contribution in [0.4, 0.5) is 18.9 Å². The molecule has 1 N–H and O–H groups in total. The molecule has 24 heavy (non-hydrogen) atoms. The van der Waals surface area contributed by atoms with E-state index in [1.54, 1.807) is 6.92 Å². The Hall–Kier alpha value is -2.91. The standard InChI is InChI=1S/C14H13F3N2O5/c1-4-18-5-7(14(21)24-3)13(20)8-9(15)6(2)10(16)11(17)12(8)19(22)23/h5,18H,4H2,1-3H3/b7-5+. The van der Waals surface area contributed by atoms with Crippen LogP contribution in [0.25, 0.3) is 0 Å². The minimum absolute atomic E-state index is 0.259. The number of halogens is 3. The highest BCUT2D eigenvalue weighted by Gasteiger charge is 2.37. The van der Waals surface area contributed by atoms with Crippen LogP contribution in [0.1, 0.15) is 22.8 Å². The van der Waals surface area contributed by atoms with E-state index in [4.69, 9.17) is 0 Å². The quantitative estimate of drug-likeness (QED) is 0.124. The van der Waals surface area contributed by atoms with Crippen molar-refractivity contribution in [2.24, 2.45) is 0 Å². The normalized spacial score (nSPS) is 11.2. The van der Waals surface area contributed by atoms with Gasteiger partial charge in [0.2, 0.25) is 11.6 Å². The van der Waals surface area contributed by atoms with Gasteiger partial charge < -0.3 is 10.1 Å². The van der Waals surface area contributed by atoms with Gasteiger partial charge in [0, 0.05) is 18.3 Å². The number of methoxy groups -OCH3 is 1.